The molecule has 0 amide bonds. The molecule has 1 heterocycles. The van der Waals surface area contributed by atoms with E-state index in [2.05, 4.69) is 55.5 Å². The minimum atomic E-state index is 0. The normalized spacial score (nSPS) is 13.1. The van der Waals surface area contributed by atoms with Gasteiger partial charge in [0.25, 0.3) is 0 Å². The first-order valence-electron chi connectivity index (χ1n) is 5.50. The van der Waals surface area contributed by atoms with Crippen molar-refractivity contribution in [3.63, 3.8) is 0 Å². The molecule has 0 atom stereocenters. The van der Waals surface area contributed by atoms with Crippen molar-refractivity contribution < 1.29 is 21.1 Å². The average molecular weight is 409 g/mol. The fourth-order valence-corrected chi connectivity index (χ4v) is 3.33. The van der Waals surface area contributed by atoms with Gasteiger partial charge in [0.2, 0.25) is 0 Å². The predicted octanol–water partition coefficient (Wildman–Crippen LogP) is 4.28. The van der Waals surface area contributed by atoms with Crippen LogP contribution in [0, 0.1) is 5.92 Å². The second kappa shape index (κ2) is 5.33. The first-order valence-corrected chi connectivity index (χ1v) is 6.49. The maximum atomic E-state index is 2.23. The van der Waals surface area contributed by atoms with Crippen molar-refractivity contribution in [2.24, 2.45) is 0 Å². The molecule has 86 valence electrons. The van der Waals surface area contributed by atoms with Gasteiger partial charge in [0.15, 0.2) is 0 Å². The maximum Gasteiger partial charge on any atom is 0 e. The predicted molar refractivity (Wildman–Crippen MR) is 69.6 cm³/mol. The van der Waals surface area contributed by atoms with Gasteiger partial charge in [-0.25, -0.2) is 0 Å². The fraction of sp³-hybridized carbons (Fsp3) is 0.133. The summed E-state index contributed by atoms with van der Waals surface area (Å²) in [6.45, 7) is 2.23. The molecule has 0 unspecified atom stereocenters. The van der Waals surface area contributed by atoms with E-state index >= 15 is 0 Å². The van der Waals surface area contributed by atoms with Gasteiger partial charge in [0, 0.05) is 21.1 Å². The third-order valence-corrected chi connectivity index (χ3v) is 4.22. The molecule has 0 saturated heterocycles. The zero-order chi connectivity index (χ0) is 11.0. The van der Waals surface area contributed by atoms with Crippen molar-refractivity contribution in [1.29, 1.82) is 0 Å². The Morgan fingerprint density at radius 1 is 0.941 bits per heavy atom. The fourth-order valence-electron chi connectivity index (χ4n) is 2.21. The summed E-state index contributed by atoms with van der Waals surface area (Å²) in [6.07, 6.45) is 0. The molecule has 0 N–H and O–H groups in total. The Hall–Kier alpha value is -0.652. The molecule has 0 nitrogen and oxygen atoms in total. The third-order valence-electron chi connectivity index (χ3n) is 3.10. The summed E-state index contributed by atoms with van der Waals surface area (Å²) in [7, 11) is 0. The Balaban J connectivity index is 0.00000108. The van der Waals surface area contributed by atoms with Gasteiger partial charge >= 0.3 is 0 Å². The Morgan fingerprint density at radius 3 is 2.41 bits per heavy atom. The van der Waals surface area contributed by atoms with Crippen LogP contribution in [0.4, 0.5) is 0 Å². The van der Waals surface area contributed by atoms with E-state index in [0.29, 0.717) is 0 Å². The number of fused-ring (bicyclic) bond motifs is 2. The maximum absolute atomic E-state index is 2.23. The molecule has 0 bridgehead atoms. The van der Waals surface area contributed by atoms with Gasteiger partial charge in [-0.3, -0.25) is 0 Å². The van der Waals surface area contributed by atoms with Crippen LogP contribution in [0.25, 0.3) is 0 Å². The van der Waals surface area contributed by atoms with Crippen molar-refractivity contribution in [3.05, 3.63) is 71.1 Å². The van der Waals surface area contributed by atoms with Gasteiger partial charge in [0.1, 0.15) is 0 Å². The summed E-state index contributed by atoms with van der Waals surface area (Å²) in [5, 5.41) is 0. The third kappa shape index (κ3) is 2.32. The molecule has 0 saturated carbocycles. The Labute approximate surface area is 121 Å². The van der Waals surface area contributed by atoms with Crippen LogP contribution in [0.3, 0.4) is 0 Å². The van der Waals surface area contributed by atoms with Gasteiger partial charge in [-0.2, -0.15) is 11.8 Å². The molecule has 0 aromatic heterocycles. The summed E-state index contributed by atoms with van der Waals surface area (Å²) in [4.78, 5) is 1.40. The van der Waals surface area contributed by atoms with Crippen LogP contribution >= 0.6 is 11.8 Å². The molecule has 0 radical (unpaired) electrons. The average Bonchev–Trinajstić information content (AvgIpc) is 2.49. The zero-order valence-corrected chi connectivity index (χ0v) is 13.4. The van der Waals surface area contributed by atoms with E-state index in [1.807, 2.05) is 11.8 Å². The van der Waals surface area contributed by atoms with Crippen molar-refractivity contribution in [1.82, 2.24) is 0 Å². The molecule has 17 heavy (non-hydrogen) atoms. The Morgan fingerprint density at radius 2 is 1.59 bits per heavy atom. The second-order valence-corrected chi connectivity index (χ2v) is 5.08. The minimum absolute atomic E-state index is 0. The van der Waals surface area contributed by atoms with Crippen LogP contribution < -0.4 is 0 Å². The summed E-state index contributed by atoms with van der Waals surface area (Å²) >= 11 is 1.94. The largest absolute Gasteiger partial charge is 0.170 e. The van der Waals surface area contributed by atoms with Gasteiger partial charge in [0.05, 0.1) is 0 Å². The number of rotatable bonds is 0. The summed E-state index contributed by atoms with van der Waals surface area (Å²) in [5.74, 6) is 2.47. The molecule has 0 fully saturated rings. The van der Waals surface area contributed by atoms with Crippen LogP contribution in [0.2, 0.25) is 0 Å². The van der Waals surface area contributed by atoms with Crippen LogP contribution in [-0.2, 0) is 26.8 Å². The summed E-state index contributed by atoms with van der Waals surface area (Å²) in [6, 6.07) is 17.4. The van der Waals surface area contributed by atoms with Crippen LogP contribution in [0.1, 0.15) is 23.6 Å². The number of thioether (sulfide) groups is 1. The zero-order valence-electron chi connectivity index (χ0n) is 9.64. The second-order valence-electron chi connectivity index (χ2n) is 4.07. The van der Waals surface area contributed by atoms with Crippen molar-refractivity contribution in [3.8, 4) is 0 Å². The van der Waals surface area contributed by atoms with Gasteiger partial charge in [-0.1, -0.05) is 53.8 Å². The molecular formula is C15H13SW-. The minimum Gasteiger partial charge on any atom is -0.170 e. The Kier molecular flexibility index (Phi) is 4.01. The molecule has 0 spiro atoms. The van der Waals surface area contributed by atoms with Crippen molar-refractivity contribution >= 4 is 11.8 Å². The van der Waals surface area contributed by atoms with Gasteiger partial charge < -0.3 is 0 Å². The van der Waals surface area contributed by atoms with Gasteiger partial charge in [-0.05, 0) is 5.75 Å². The first kappa shape index (κ1) is 12.8. The summed E-state index contributed by atoms with van der Waals surface area (Å²) < 4.78 is 0. The quantitative estimate of drug-likeness (QED) is 0.586. The standard InChI is InChI=1S/C15H13S.W/c1-11-13-7-3-2-6-12(13)10-16-15-9-5-4-8-14(11)15;/h2-9H,10H2,1H3;/q-1;. The topological polar surface area (TPSA) is 0 Å². The molecule has 2 aromatic carbocycles. The Bertz CT molecular complexity index is 474. The van der Waals surface area contributed by atoms with E-state index in [-0.39, 0.29) is 21.1 Å². The first-order chi connectivity index (χ1) is 7.86. The number of hydrogen-bond donors (Lipinski definition) is 0. The monoisotopic (exact) mass is 409 g/mol. The molecule has 2 aromatic rings. The number of hydrogen-bond acceptors (Lipinski definition) is 1. The smallest absolute Gasteiger partial charge is 0 e. The van der Waals surface area contributed by atoms with E-state index in [1.54, 1.807) is 0 Å². The summed E-state index contributed by atoms with van der Waals surface area (Å²) in [5.41, 5.74) is 4.23. The van der Waals surface area contributed by atoms with E-state index < -0.39 is 0 Å². The van der Waals surface area contributed by atoms with Crippen molar-refractivity contribution in [2.45, 2.75) is 17.6 Å². The molecular weight excluding hydrogens is 396 g/mol. The van der Waals surface area contributed by atoms with Crippen molar-refractivity contribution in [2.75, 3.05) is 0 Å². The molecule has 2 heteroatoms. The molecule has 0 aliphatic carbocycles. The van der Waals surface area contributed by atoms with Crippen LogP contribution in [-0.4, -0.2) is 0 Å². The van der Waals surface area contributed by atoms with E-state index in [1.165, 1.54) is 27.5 Å². The molecule has 3 rings (SSSR count). The van der Waals surface area contributed by atoms with E-state index in [4.69, 9.17) is 0 Å². The SMILES string of the molecule is C[C-]1c2ccccc2CSc2ccccc21.[W]. The van der Waals surface area contributed by atoms with Crippen LogP contribution in [0.15, 0.2) is 53.4 Å². The van der Waals surface area contributed by atoms with E-state index in [9.17, 15) is 0 Å². The molecule has 1 aliphatic rings. The van der Waals surface area contributed by atoms with E-state index in [0.717, 1.165) is 5.75 Å². The van der Waals surface area contributed by atoms with Gasteiger partial charge in [-0.15, -0.1) is 29.2 Å². The number of benzene rings is 2. The molecule has 1 aliphatic heterocycles. The van der Waals surface area contributed by atoms with Crippen LogP contribution in [0.5, 0.6) is 0 Å².